The second-order valence-corrected chi connectivity index (χ2v) is 7.78. The predicted molar refractivity (Wildman–Crippen MR) is 104 cm³/mol. The highest BCUT2D eigenvalue weighted by Crippen LogP contribution is 2.21. The molecule has 2 aromatic heterocycles. The summed E-state index contributed by atoms with van der Waals surface area (Å²) in [4.78, 5) is 35.9. The number of hydrogen-bond acceptors (Lipinski definition) is 4. The zero-order valence-electron chi connectivity index (χ0n) is 15.9. The minimum atomic E-state index is -0.243. The number of aromatic nitrogens is 4. The van der Waals surface area contributed by atoms with Crippen molar-refractivity contribution in [2.45, 2.75) is 46.2 Å². The molecule has 0 fully saturated rings. The first-order valence-electron chi connectivity index (χ1n) is 9.06. The van der Waals surface area contributed by atoms with Gasteiger partial charge in [0.25, 0.3) is 5.56 Å². The topological polar surface area (TPSA) is 92.7 Å². The van der Waals surface area contributed by atoms with Gasteiger partial charge in [0.15, 0.2) is 0 Å². The Hall–Kier alpha value is -2.96. The normalized spacial score (nSPS) is 12.9. The van der Waals surface area contributed by atoms with E-state index in [-0.39, 0.29) is 29.3 Å². The molecule has 1 aromatic carbocycles. The Morgan fingerprint density at radius 2 is 2.07 bits per heavy atom. The molecule has 142 valence electrons. The van der Waals surface area contributed by atoms with Crippen LogP contribution in [0.25, 0.3) is 11.0 Å². The Kier molecular flexibility index (Phi) is 5.39. The number of aromatic amines is 1. The number of nitrogens with one attached hydrogen (secondary N) is 2. The zero-order valence-corrected chi connectivity index (χ0v) is 15.9. The fourth-order valence-corrected chi connectivity index (χ4v) is 2.88. The lowest BCUT2D eigenvalue weighted by Gasteiger charge is -2.31. The van der Waals surface area contributed by atoms with Crippen LogP contribution in [0.3, 0.4) is 0 Å². The van der Waals surface area contributed by atoms with E-state index in [4.69, 9.17) is 0 Å². The molecule has 0 saturated carbocycles. The van der Waals surface area contributed by atoms with Gasteiger partial charge >= 0.3 is 0 Å². The van der Waals surface area contributed by atoms with E-state index in [1.165, 1.54) is 0 Å². The molecule has 7 heteroatoms. The molecule has 0 spiro atoms. The molecule has 0 aliphatic heterocycles. The summed E-state index contributed by atoms with van der Waals surface area (Å²) < 4.78 is 1.95. The predicted octanol–water partition coefficient (Wildman–Crippen LogP) is 2.28. The summed E-state index contributed by atoms with van der Waals surface area (Å²) in [6.45, 7) is 6.91. The molecule has 0 unspecified atom stereocenters. The Labute approximate surface area is 157 Å². The van der Waals surface area contributed by atoms with Crippen molar-refractivity contribution in [1.29, 1.82) is 0 Å². The molecule has 7 nitrogen and oxygen atoms in total. The summed E-state index contributed by atoms with van der Waals surface area (Å²) in [6, 6.07) is 7.32. The molecule has 2 N–H and O–H groups in total. The quantitative estimate of drug-likeness (QED) is 0.699. The van der Waals surface area contributed by atoms with Gasteiger partial charge in [0.1, 0.15) is 5.69 Å². The summed E-state index contributed by atoms with van der Waals surface area (Å²) >= 11 is 0. The van der Waals surface area contributed by atoms with Gasteiger partial charge in [0, 0.05) is 31.8 Å². The highest BCUT2D eigenvalue weighted by Gasteiger charge is 2.26. The summed E-state index contributed by atoms with van der Waals surface area (Å²) in [7, 11) is 0. The number of hydrogen-bond donors (Lipinski definition) is 2. The average molecular weight is 367 g/mol. The lowest BCUT2D eigenvalue weighted by Crippen LogP contribution is -2.46. The van der Waals surface area contributed by atoms with Gasteiger partial charge in [0.05, 0.1) is 23.4 Å². The van der Waals surface area contributed by atoms with Gasteiger partial charge in [-0.25, -0.2) is 9.97 Å². The Morgan fingerprint density at radius 1 is 1.30 bits per heavy atom. The fraction of sp³-hybridized carbons (Fsp3) is 0.400. The molecular weight excluding hydrogens is 342 g/mol. The van der Waals surface area contributed by atoms with Gasteiger partial charge in [0.2, 0.25) is 5.91 Å². The first-order valence-corrected chi connectivity index (χ1v) is 9.06. The van der Waals surface area contributed by atoms with E-state index in [9.17, 15) is 9.59 Å². The number of rotatable bonds is 6. The summed E-state index contributed by atoms with van der Waals surface area (Å²) in [5, 5.41) is 3.09. The maximum absolute atomic E-state index is 12.5. The number of imidazole rings is 1. The highest BCUT2D eigenvalue weighted by molar-refractivity contribution is 5.77. The van der Waals surface area contributed by atoms with Crippen LogP contribution in [0.5, 0.6) is 0 Å². The van der Waals surface area contributed by atoms with Gasteiger partial charge in [-0.3, -0.25) is 9.59 Å². The van der Waals surface area contributed by atoms with Gasteiger partial charge in [-0.1, -0.05) is 32.9 Å². The number of carbonyl (C=O) groups excluding carboxylic acids is 1. The maximum atomic E-state index is 12.5. The molecule has 3 rings (SSSR count). The number of fused-ring (bicyclic) bond motifs is 1. The van der Waals surface area contributed by atoms with E-state index >= 15 is 0 Å². The van der Waals surface area contributed by atoms with E-state index in [0.717, 1.165) is 5.52 Å². The van der Waals surface area contributed by atoms with Gasteiger partial charge < -0.3 is 14.9 Å². The molecule has 0 aliphatic rings. The van der Waals surface area contributed by atoms with Gasteiger partial charge in [-0.2, -0.15) is 0 Å². The first-order chi connectivity index (χ1) is 12.8. The molecule has 0 radical (unpaired) electrons. The maximum Gasteiger partial charge on any atom is 0.270 e. The van der Waals surface area contributed by atoms with Crippen molar-refractivity contribution in [2.24, 2.45) is 5.41 Å². The van der Waals surface area contributed by atoms with Gasteiger partial charge in [-0.05, 0) is 17.5 Å². The van der Waals surface area contributed by atoms with Crippen LogP contribution in [-0.4, -0.2) is 31.5 Å². The van der Waals surface area contributed by atoms with E-state index in [1.54, 1.807) is 12.5 Å². The third-order valence-electron chi connectivity index (χ3n) is 4.59. The van der Waals surface area contributed by atoms with Crippen LogP contribution in [-0.2, 0) is 17.8 Å². The van der Waals surface area contributed by atoms with Crippen LogP contribution in [0, 0.1) is 5.41 Å². The average Bonchev–Trinajstić information content (AvgIpc) is 3.11. The van der Waals surface area contributed by atoms with Crippen molar-refractivity contribution < 1.29 is 4.79 Å². The Morgan fingerprint density at radius 3 is 2.78 bits per heavy atom. The number of H-pyrrole nitrogens is 1. The largest absolute Gasteiger partial charge is 0.351 e. The molecule has 0 aliphatic carbocycles. The Bertz CT molecular complexity index is 970. The van der Waals surface area contributed by atoms with E-state index < -0.39 is 0 Å². The molecule has 1 amide bonds. The number of aryl methyl sites for hydroxylation is 1. The van der Waals surface area contributed by atoms with E-state index in [1.807, 2.05) is 35.0 Å². The molecule has 27 heavy (non-hydrogen) atoms. The van der Waals surface area contributed by atoms with Gasteiger partial charge in [-0.15, -0.1) is 0 Å². The second kappa shape index (κ2) is 7.73. The number of benzene rings is 1. The van der Waals surface area contributed by atoms with Crippen molar-refractivity contribution in [2.75, 3.05) is 0 Å². The third-order valence-corrected chi connectivity index (χ3v) is 4.59. The summed E-state index contributed by atoms with van der Waals surface area (Å²) in [6.07, 6.45) is 5.85. The number of amides is 1. The second-order valence-electron chi connectivity index (χ2n) is 7.78. The minimum absolute atomic E-state index is 0.0537. The van der Waals surface area contributed by atoms with Crippen molar-refractivity contribution in [3.8, 4) is 0 Å². The van der Waals surface area contributed by atoms with Crippen LogP contribution in [0.2, 0.25) is 0 Å². The number of nitrogens with zero attached hydrogens (tertiary/aromatic N) is 3. The van der Waals surface area contributed by atoms with E-state index in [0.29, 0.717) is 24.2 Å². The number of carbonyl (C=O) groups is 1. The molecule has 1 atom stereocenters. The van der Waals surface area contributed by atoms with Crippen LogP contribution in [0.1, 0.15) is 32.9 Å². The SMILES string of the molecule is CC(C)(C)[C@H](Cn1ccnc1)NC(=O)CCc1nc2ccccc2[nH]c1=O. The van der Waals surface area contributed by atoms with Crippen LogP contribution in [0.15, 0.2) is 47.8 Å². The molecule has 3 aromatic rings. The highest BCUT2D eigenvalue weighted by atomic mass is 16.1. The first kappa shape index (κ1) is 18.8. The lowest BCUT2D eigenvalue weighted by molar-refractivity contribution is -0.122. The van der Waals surface area contributed by atoms with E-state index in [2.05, 4.69) is 41.0 Å². The summed E-state index contributed by atoms with van der Waals surface area (Å²) in [5.74, 6) is -0.0931. The minimum Gasteiger partial charge on any atom is -0.351 e. The van der Waals surface area contributed by atoms with Crippen molar-refractivity contribution in [3.05, 3.63) is 59.0 Å². The molecule has 2 heterocycles. The molecular formula is C20H25N5O2. The van der Waals surface area contributed by atoms with Crippen molar-refractivity contribution >= 4 is 16.9 Å². The molecule has 0 bridgehead atoms. The zero-order chi connectivity index (χ0) is 19.4. The third kappa shape index (κ3) is 4.81. The Balaban J connectivity index is 1.66. The van der Waals surface area contributed by atoms with Crippen molar-refractivity contribution in [3.63, 3.8) is 0 Å². The lowest BCUT2D eigenvalue weighted by atomic mass is 9.86. The smallest absolute Gasteiger partial charge is 0.270 e. The number of para-hydroxylation sites is 2. The standard InChI is InChI=1S/C20H25N5O2/c1-20(2,3)17(12-25-11-10-21-13-25)24-18(26)9-8-16-19(27)23-15-7-5-4-6-14(15)22-16/h4-7,10-11,13,17H,8-9,12H2,1-3H3,(H,23,27)(H,24,26)/t17-/m0/s1. The van der Waals surface area contributed by atoms with Crippen molar-refractivity contribution in [1.82, 2.24) is 24.8 Å². The van der Waals surface area contributed by atoms with Crippen LogP contribution >= 0.6 is 0 Å². The van der Waals surface area contributed by atoms with Crippen LogP contribution in [0.4, 0.5) is 0 Å². The summed E-state index contributed by atoms with van der Waals surface area (Å²) in [5.41, 5.74) is 1.44. The van der Waals surface area contributed by atoms with Crippen LogP contribution < -0.4 is 10.9 Å². The monoisotopic (exact) mass is 367 g/mol. The fourth-order valence-electron chi connectivity index (χ4n) is 2.88. The molecule has 0 saturated heterocycles.